The number of aromatic nitrogens is 2. The number of nitrogens with zero attached hydrogens (tertiary/aromatic N) is 2. The third-order valence-electron chi connectivity index (χ3n) is 3.10. The lowest BCUT2D eigenvalue weighted by atomic mass is 9.96. The summed E-state index contributed by atoms with van der Waals surface area (Å²) in [4.78, 5) is 8.81. The van der Waals surface area contributed by atoms with Gasteiger partial charge >= 0.3 is 0 Å². The van der Waals surface area contributed by atoms with Gasteiger partial charge in [-0.05, 0) is 23.8 Å². The number of nitrogens with one attached hydrogen (secondary N) is 1. The van der Waals surface area contributed by atoms with Gasteiger partial charge in [0.2, 0.25) is 0 Å². The minimum atomic E-state index is -0.231. The molecule has 0 saturated carbocycles. The zero-order valence-electron chi connectivity index (χ0n) is 12.5. The molecule has 2 rings (SSSR count). The van der Waals surface area contributed by atoms with E-state index >= 15 is 0 Å². The maximum Gasteiger partial charge on any atom is 0.135 e. The summed E-state index contributed by atoms with van der Waals surface area (Å²) in [7, 11) is 0. The Kier molecular flexibility index (Phi) is 4.80. The fourth-order valence-electron chi connectivity index (χ4n) is 1.91. The van der Waals surface area contributed by atoms with E-state index in [9.17, 15) is 5.11 Å². The van der Waals surface area contributed by atoms with Gasteiger partial charge in [0, 0.05) is 16.6 Å². The van der Waals surface area contributed by atoms with Crippen LogP contribution in [0, 0.1) is 0 Å². The molecule has 21 heavy (non-hydrogen) atoms. The third kappa shape index (κ3) is 4.16. The monoisotopic (exact) mass is 305 g/mol. The topological polar surface area (TPSA) is 58.0 Å². The smallest absolute Gasteiger partial charge is 0.135 e. The van der Waals surface area contributed by atoms with Crippen LogP contribution in [0.25, 0.3) is 0 Å². The van der Waals surface area contributed by atoms with Crippen molar-refractivity contribution in [1.29, 1.82) is 0 Å². The second kappa shape index (κ2) is 6.41. The first-order valence-corrected chi connectivity index (χ1v) is 7.24. The molecule has 1 aromatic heterocycles. The summed E-state index contributed by atoms with van der Waals surface area (Å²) in [6, 6.07) is 8.96. The van der Waals surface area contributed by atoms with Crippen LogP contribution in [0.4, 0.5) is 5.82 Å². The Labute approximate surface area is 130 Å². The molecular formula is C16H20ClN3O. The van der Waals surface area contributed by atoms with Gasteiger partial charge in [0.05, 0.1) is 12.6 Å². The van der Waals surface area contributed by atoms with E-state index in [2.05, 4.69) is 36.1 Å². The highest BCUT2D eigenvalue weighted by atomic mass is 35.5. The number of halogens is 1. The summed E-state index contributed by atoms with van der Waals surface area (Å²) >= 11 is 5.89. The van der Waals surface area contributed by atoms with E-state index in [-0.39, 0.29) is 18.1 Å². The normalized spacial score (nSPS) is 13.0. The molecule has 1 unspecified atom stereocenters. The van der Waals surface area contributed by atoms with Gasteiger partial charge in [0.15, 0.2) is 0 Å². The molecule has 0 fully saturated rings. The summed E-state index contributed by atoms with van der Waals surface area (Å²) in [6.07, 6.45) is 1.73. The number of rotatable bonds is 4. The van der Waals surface area contributed by atoms with Gasteiger partial charge in [-0.15, -0.1) is 0 Å². The van der Waals surface area contributed by atoms with E-state index in [0.29, 0.717) is 10.8 Å². The van der Waals surface area contributed by atoms with Gasteiger partial charge in [-0.3, -0.25) is 0 Å². The van der Waals surface area contributed by atoms with E-state index in [1.54, 1.807) is 12.3 Å². The van der Waals surface area contributed by atoms with Gasteiger partial charge in [-0.2, -0.15) is 0 Å². The van der Waals surface area contributed by atoms with E-state index < -0.39 is 0 Å². The van der Waals surface area contributed by atoms with Crippen LogP contribution in [0.5, 0.6) is 0 Å². The fourth-order valence-corrected chi connectivity index (χ4v) is 2.03. The van der Waals surface area contributed by atoms with Gasteiger partial charge in [0.1, 0.15) is 11.6 Å². The number of aliphatic hydroxyl groups is 1. The van der Waals surface area contributed by atoms with Crippen LogP contribution in [0.3, 0.4) is 0 Å². The van der Waals surface area contributed by atoms with Gasteiger partial charge in [0.25, 0.3) is 0 Å². The molecule has 0 aliphatic heterocycles. The lowest BCUT2D eigenvalue weighted by Gasteiger charge is -2.20. The molecule has 0 radical (unpaired) electrons. The molecule has 0 aliphatic rings. The second-order valence-electron chi connectivity index (χ2n) is 5.95. The van der Waals surface area contributed by atoms with E-state index in [4.69, 9.17) is 11.6 Å². The summed E-state index contributed by atoms with van der Waals surface area (Å²) in [6.45, 7) is 6.16. The van der Waals surface area contributed by atoms with Crippen LogP contribution in [0.2, 0.25) is 5.02 Å². The average Bonchev–Trinajstić information content (AvgIpc) is 2.45. The zero-order valence-corrected chi connectivity index (χ0v) is 13.2. The minimum Gasteiger partial charge on any atom is -0.394 e. The molecule has 5 heteroatoms. The van der Waals surface area contributed by atoms with Crippen molar-refractivity contribution < 1.29 is 5.11 Å². The Morgan fingerprint density at radius 2 is 1.86 bits per heavy atom. The molecule has 2 aromatic rings. The summed E-state index contributed by atoms with van der Waals surface area (Å²) in [5, 5.41) is 13.5. The lowest BCUT2D eigenvalue weighted by molar-refractivity contribution is 0.276. The van der Waals surface area contributed by atoms with Gasteiger partial charge in [-0.1, -0.05) is 44.5 Å². The Balaban J connectivity index is 2.21. The number of aliphatic hydroxyl groups excluding tert-OH is 1. The van der Waals surface area contributed by atoms with Crippen molar-refractivity contribution in [3.63, 3.8) is 0 Å². The molecule has 1 aromatic carbocycles. The molecule has 1 heterocycles. The van der Waals surface area contributed by atoms with Gasteiger partial charge < -0.3 is 10.4 Å². The van der Waals surface area contributed by atoms with E-state index in [1.165, 1.54) is 0 Å². The fraction of sp³-hybridized carbons (Fsp3) is 0.375. The maximum atomic E-state index is 9.60. The summed E-state index contributed by atoms with van der Waals surface area (Å²) in [5.41, 5.74) is 0.838. The van der Waals surface area contributed by atoms with Crippen LogP contribution in [-0.4, -0.2) is 21.7 Å². The molecule has 4 nitrogen and oxygen atoms in total. The Morgan fingerprint density at radius 3 is 2.43 bits per heavy atom. The quantitative estimate of drug-likeness (QED) is 0.906. The van der Waals surface area contributed by atoms with Crippen molar-refractivity contribution in [2.24, 2.45) is 0 Å². The maximum absolute atomic E-state index is 9.60. The van der Waals surface area contributed by atoms with Crippen LogP contribution in [-0.2, 0) is 5.41 Å². The van der Waals surface area contributed by atoms with Crippen molar-refractivity contribution in [1.82, 2.24) is 9.97 Å². The van der Waals surface area contributed by atoms with Crippen molar-refractivity contribution >= 4 is 17.4 Å². The minimum absolute atomic E-state index is 0.0313. The number of hydrogen-bond acceptors (Lipinski definition) is 4. The molecule has 0 spiro atoms. The molecule has 2 N–H and O–H groups in total. The predicted octanol–water partition coefficient (Wildman–Crippen LogP) is 3.57. The first-order chi connectivity index (χ1) is 9.90. The highest BCUT2D eigenvalue weighted by molar-refractivity contribution is 6.30. The van der Waals surface area contributed by atoms with Crippen molar-refractivity contribution in [3.05, 3.63) is 52.9 Å². The van der Waals surface area contributed by atoms with Crippen molar-refractivity contribution in [2.75, 3.05) is 11.9 Å². The molecule has 0 bridgehead atoms. The third-order valence-corrected chi connectivity index (χ3v) is 3.36. The molecular weight excluding hydrogens is 286 g/mol. The first kappa shape index (κ1) is 15.7. The Hall–Kier alpha value is -1.65. The molecule has 112 valence electrons. The van der Waals surface area contributed by atoms with E-state index in [0.717, 1.165) is 11.4 Å². The predicted molar refractivity (Wildman–Crippen MR) is 85.6 cm³/mol. The molecule has 0 aliphatic carbocycles. The standard InChI is InChI=1S/C16H20ClN3O/c1-16(2,3)15-18-9-8-14(20-15)19-13(10-21)11-4-6-12(17)7-5-11/h4-9,13,21H,10H2,1-3H3,(H,18,19,20). The molecule has 0 amide bonds. The van der Waals surface area contributed by atoms with Crippen LogP contribution in [0.15, 0.2) is 36.5 Å². The van der Waals surface area contributed by atoms with Gasteiger partial charge in [-0.25, -0.2) is 9.97 Å². The highest BCUT2D eigenvalue weighted by Crippen LogP contribution is 2.22. The largest absolute Gasteiger partial charge is 0.394 e. The van der Waals surface area contributed by atoms with E-state index in [1.807, 2.05) is 24.3 Å². The summed E-state index contributed by atoms with van der Waals surface area (Å²) in [5.74, 6) is 1.46. The van der Waals surface area contributed by atoms with Crippen molar-refractivity contribution in [2.45, 2.75) is 32.2 Å². The Bertz CT molecular complexity index is 593. The highest BCUT2D eigenvalue weighted by Gasteiger charge is 2.18. The Morgan fingerprint density at radius 1 is 1.19 bits per heavy atom. The zero-order chi connectivity index (χ0) is 15.5. The summed E-state index contributed by atoms with van der Waals surface area (Å²) < 4.78 is 0. The number of hydrogen-bond donors (Lipinski definition) is 2. The van der Waals surface area contributed by atoms with Crippen LogP contribution >= 0.6 is 11.6 Å². The number of benzene rings is 1. The lowest BCUT2D eigenvalue weighted by Crippen LogP contribution is -2.19. The number of anilines is 1. The van der Waals surface area contributed by atoms with Crippen LogP contribution < -0.4 is 5.32 Å². The second-order valence-corrected chi connectivity index (χ2v) is 6.38. The average molecular weight is 306 g/mol. The van der Waals surface area contributed by atoms with Crippen molar-refractivity contribution in [3.8, 4) is 0 Å². The first-order valence-electron chi connectivity index (χ1n) is 6.86. The van der Waals surface area contributed by atoms with Crippen LogP contribution in [0.1, 0.15) is 38.2 Å². The molecule has 0 saturated heterocycles. The SMILES string of the molecule is CC(C)(C)c1nccc(NC(CO)c2ccc(Cl)cc2)n1. The molecule has 1 atom stereocenters.